The van der Waals surface area contributed by atoms with E-state index >= 15 is 0 Å². The molecular formula is C16H24BN3O4. The first kappa shape index (κ1) is 18.1. The number of hydrogen-bond acceptors (Lipinski definition) is 5. The Morgan fingerprint density at radius 2 is 1.88 bits per heavy atom. The minimum Gasteiger partial charge on any atom is -0.478 e. The highest BCUT2D eigenvalue weighted by molar-refractivity contribution is 6.54. The largest absolute Gasteiger partial charge is 0.478 e. The van der Waals surface area contributed by atoms with Crippen LogP contribution in [0.1, 0.15) is 31.1 Å². The van der Waals surface area contributed by atoms with Crippen molar-refractivity contribution in [1.29, 1.82) is 0 Å². The summed E-state index contributed by atoms with van der Waals surface area (Å²) in [6.07, 6.45) is 1.09. The Morgan fingerprint density at radius 1 is 1.25 bits per heavy atom. The third-order valence-corrected chi connectivity index (χ3v) is 3.80. The summed E-state index contributed by atoms with van der Waals surface area (Å²) in [7, 11) is 0.704. The van der Waals surface area contributed by atoms with Gasteiger partial charge in [0, 0.05) is 32.4 Å². The van der Waals surface area contributed by atoms with Gasteiger partial charge in [-0.15, -0.1) is 0 Å². The maximum atomic E-state index is 12.1. The van der Waals surface area contributed by atoms with Crippen LogP contribution in [0.3, 0.4) is 0 Å². The van der Waals surface area contributed by atoms with Gasteiger partial charge in [-0.1, -0.05) is 6.82 Å². The van der Waals surface area contributed by atoms with E-state index in [4.69, 9.17) is 9.84 Å². The average molecular weight is 333 g/mol. The van der Waals surface area contributed by atoms with Crippen LogP contribution in [0.2, 0.25) is 6.82 Å². The lowest BCUT2D eigenvalue weighted by Crippen LogP contribution is -2.51. The predicted molar refractivity (Wildman–Crippen MR) is 93.9 cm³/mol. The molecule has 2 rings (SSSR count). The van der Waals surface area contributed by atoms with Gasteiger partial charge in [0.05, 0.1) is 5.56 Å². The Kier molecular flexibility index (Phi) is 5.36. The van der Waals surface area contributed by atoms with Crippen molar-refractivity contribution in [3.8, 4) is 0 Å². The number of nitrogens with zero attached hydrogens (tertiary/aromatic N) is 3. The molecule has 0 bridgehead atoms. The first-order valence-electron chi connectivity index (χ1n) is 8.16. The van der Waals surface area contributed by atoms with Crippen molar-refractivity contribution in [2.75, 3.05) is 31.1 Å². The molecule has 1 aromatic rings. The van der Waals surface area contributed by atoms with E-state index in [2.05, 4.69) is 9.88 Å². The fraction of sp³-hybridized carbons (Fsp3) is 0.562. The van der Waals surface area contributed by atoms with Crippen LogP contribution in [-0.2, 0) is 4.74 Å². The molecule has 0 unspecified atom stereocenters. The highest BCUT2D eigenvalue weighted by atomic mass is 16.6. The number of pyridine rings is 1. The molecule has 1 aromatic heterocycles. The molecule has 0 spiro atoms. The maximum absolute atomic E-state index is 12.1. The monoisotopic (exact) mass is 333 g/mol. The summed E-state index contributed by atoms with van der Waals surface area (Å²) in [4.78, 5) is 31.3. The molecule has 1 fully saturated rings. The van der Waals surface area contributed by atoms with Gasteiger partial charge < -0.3 is 19.6 Å². The summed E-state index contributed by atoms with van der Waals surface area (Å²) in [5.41, 5.74) is 0.598. The van der Waals surface area contributed by atoms with E-state index in [1.54, 1.807) is 11.0 Å². The molecule has 0 atom stereocenters. The number of ether oxygens (including phenoxy) is 1. The molecular weight excluding hydrogens is 309 g/mol. The van der Waals surface area contributed by atoms with Gasteiger partial charge in [0.15, 0.2) is 7.28 Å². The number of carboxylic acid groups (broad SMARTS) is 1. The topological polar surface area (TPSA) is 83.0 Å². The van der Waals surface area contributed by atoms with Gasteiger partial charge in [-0.05, 0) is 32.3 Å². The van der Waals surface area contributed by atoms with Crippen LogP contribution in [-0.4, -0.2) is 66.1 Å². The number of carboxylic acids is 1. The van der Waals surface area contributed by atoms with Crippen molar-refractivity contribution in [3.05, 3.63) is 17.8 Å². The molecule has 2 heterocycles. The van der Waals surface area contributed by atoms with Crippen LogP contribution in [0.5, 0.6) is 0 Å². The van der Waals surface area contributed by atoms with Gasteiger partial charge in [0.1, 0.15) is 11.4 Å². The molecule has 1 saturated heterocycles. The van der Waals surface area contributed by atoms with Gasteiger partial charge >= 0.3 is 12.1 Å². The third kappa shape index (κ3) is 4.40. The van der Waals surface area contributed by atoms with E-state index in [0.29, 0.717) is 33.5 Å². The molecule has 7 nitrogen and oxygen atoms in total. The molecule has 0 saturated carbocycles. The Bertz CT molecular complexity index is 622. The second-order valence-electron chi connectivity index (χ2n) is 6.82. The number of rotatable bonds is 3. The van der Waals surface area contributed by atoms with Crippen LogP contribution in [0.4, 0.5) is 10.6 Å². The zero-order valence-electron chi connectivity index (χ0n) is 14.7. The fourth-order valence-electron chi connectivity index (χ4n) is 2.59. The lowest BCUT2D eigenvalue weighted by molar-refractivity contribution is 0.0240. The molecule has 0 aliphatic carbocycles. The molecule has 0 aromatic carbocycles. The number of aromatic carboxylic acids is 1. The highest BCUT2D eigenvalue weighted by Crippen LogP contribution is 2.15. The SMILES string of the molecule is CBc1cc(C(=O)O)cnc1N1CCN(C(=O)OC(C)(C)C)CC1. The highest BCUT2D eigenvalue weighted by Gasteiger charge is 2.27. The predicted octanol–water partition coefficient (Wildman–Crippen LogP) is 0.947. The lowest BCUT2D eigenvalue weighted by Gasteiger charge is -2.36. The Balaban J connectivity index is 2.04. The van der Waals surface area contributed by atoms with Gasteiger partial charge in [0.25, 0.3) is 0 Å². The van der Waals surface area contributed by atoms with Gasteiger partial charge in [-0.25, -0.2) is 14.6 Å². The first-order valence-corrected chi connectivity index (χ1v) is 8.16. The molecule has 1 aliphatic heterocycles. The molecule has 0 radical (unpaired) electrons. The zero-order valence-corrected chi connectivity index (χ0v) is 14.7. The Hall–Kier alpha value is -2.25. The van der Waals surface area contributed by atoms with Crippen LogP contribution < -0.4 is 10.4 Å². The quantitative estimate of drug-likeness (QED) is 0.829. The third-order valence-electron chi connectivity index (χ3n) is 3.80. The van der Waals surface area contributed by atoms with E-state index in [1.165, 1.54) is 6.20 Å². The standard InChI is InChI=1S/C16H24BN3O4/c1-16(2,3)24-15(23)20-7-5-19(6-8-20)13-12(17-4)9-11(10-18-13)14(21)22/h9-10,17H,5-8H2,1-4H3,(H,21,22). The second kappa shape index (κ2) is 7.11. The number of aromatic nitrogens is 1. The Labute approximate surface area is 142 Å². The number of anilines is 1. The van der Waals surface area contributed by atoms with Crippen molar-refractivity contribution in [3.63, 3.8) is 0 Å². The van der Waals surface area contributed by atoms with E-state index < -0.39 is 11.6 Å². The summed E-state index contributed by atoms with van der Waals surface area (Å²) in [5, 5.41) is 9.08. The maximum Gasteiger partial charge on any atom is 0.410 e. The summed E-state index contributed by atoms with van der Waals surface area (Å²) in [6, 6.07) is 1.67. The van der Waals surface area contributed by atoms with Crippen molar-refractivity contribution in [1.82, 2.24) is 9.88 Å². The van der Waals surface area contributed by atoms with Crippen LogP contribution >= 0.6 is 0 Å². The van der Waals surface area contributed by atoms with E-state index in [-0.39, 0.29) is 11.7 Å². The lowest BCUT2D eigenvalue weighted by atomic mass is 9.73. The molecule has 130 valence electrons. The smallest absolute Gasteiger partial charge is 0.410 e. The average Bonchev–Trinajstić information content (AvgIpc) is 2.52. The van der Waals surface area contributed by atoms with Crippen molar-refractivity contribution >= 4 is 30.6 Å². The van der Waals surface area contributed by atoms with E-state index in [9.17, 15) is 9.59 Å². The molecule has 8 heteroatoms. The minimum atomic E-state index is -0.974. The first-order chi connectivity index (χ1) is 11.2. The normalized spacial score (nSPS) is 15.2. The summed E-state index contributed by atoms with van der Waals surface area (Å²) in [6.45, 7) is 9.93. The van der Waals surface area contributed by atoms with Crippen LogP contribution in [0.25, 0.3) is 0 Å². The summed E-state index contributed by atoms with van der Waals surface area (Å²) < 4.78 is 5.39. The van der Waals surface area contributed by atoms with E-state index in [1.807, 2.05) is 27.6 Å². The summed E-state index contributed by atoms with van der Waals surface area (Å²) in [5.74, 6) is -0.176. The molecule has 1 amide bonds. The van der Waals surface area contributed by atoms with Crippen LogP contribution in [0, 0.1) is 0 Å². The van der Waals surface area contributed by atoms with Crippen LogP contribution in [0.15, 0.2) is 12.3 Å². The molecule has 1 N–H and O–H groups in total. The number of hydrogen-bond donors (Lipinski definition) is 1. The second-order valence-corrected chi connectivity index (χ2v) is 6.82. The van der Waals surface area contributed by atoms with Gasteiger partial charge in [-0.2, -0.15) is 0 Å². The van der Waals surface area contributed by atoms with Crippen molar-refractivity contribution in [2.24, 2.45) is 0 Å². The molecule has 1 aliphatic rings. The number of amides is 1. The number of piperazine rings is 1. The van der Waals surface area contributed by atoms with Gasteiger partial charge in [-0.3, -0.25) is 0 Å². The number of carbonyl (C=O) groups excluding carboxylic acids is 1. The van der Waals surface area contributed by atoms with Gasteiger partial charge in [0.2, 0.25) is 0 Å². The number of carbonyl (C=O) groups is 2. The fourth-order valence-corrected chi connectivity index (χ4v) is 2.59. The summed E-state index contributed by atoms with van der Waals surface area (Å²) >= 11 is 0. The van der Waals surface area contributed by atoms with E-state index in [0.717, 1.165) is 11.3 Å². The van der Waals surface area contributed by atoms with Crippen molar-refractivity contribution < 1.29 is 19.4 Å². The minimum absolute atomic E-state index is 0.197. The zero-order chi connectivity index (χ0) is 17.9. The Morgan fingerprint density at radius 3 is 2.38 bits per heavy atom. The molecule has 24 heavy (non-hydrogen) atoms. The van der Waals surface area contributed by atoms with Crippen molar-refractivity contribution in [2.45, 2.75) is 33.2 Å².